The van der Waals surface area contributed by atoms with Crippen LogP contribution in [0.25, 0.3) is 0 Å². The molecule has 0 aliphatic heterocycles. The number of nitrogens with zero attached hydrogens (tertiary/aromatic N) is 3. The zero-order chi connectivity index (χ0) is 18.4. The minimum absolute atomic E-state index is 0.155. The topological polar surface area (TPSA) is 54.8 Å². The van der Waals surface area contributed by atoms with Crippen LogP contribution in [0.2, 0.25) is 5.02 Å². The average molecular weight is 360 g/mol. The minimum Gasteiger partial charge on any atom is -0.457 e. The van der Waals surface area contributed by atoms with Crippen molar-refractivity contribution in [2.75, 3.05) is 13.6 Å². The number of aromatic nitrogens is 1. The zero-order valence-electron chi connectivity index (χ0n) is 14.9. The lowest BCUT2D eigenvalue weighted by molar-refractivity contribution is 0.0472. The SMILES string of the molecule is CCN(C)C=Nc1cc(Cl)c(C(=O)OCc2ccc(C)nc2)cc1C. The van der Waals surface area contributed by atoms with Gasteiger partial charge in [-0.1, -0.05) is 17.7 Å². The Morgan fingerprint density at radius 2 is 2.12 bits per heavy atom. The van der Waals surface area contributed by atoms with Gasteiger partial charge in [-0.05, 0) is 44.5 Å². The van der Waals surface area contributed by atoms with E-state index in [1.807, 2.05) is 44.9 Å². The molecule has 0 fully saturated rings. The second-order valence-electron chi connectivity index (χ2n) is 5.82. The average Bonchev–Trinajstić information content (AvgIpc) is 2.61. The van der Waals surface area contributed by atoms with Crippen molar-refractivity contribution in [1.29, 1.82) is 0 Å². The lowest BCUT2D eigenvalue weighted by Gasteiger charge is -2.11. The molecule has 0 amide bonds. The summed E-state index contributed by atoms with van der Waals surface area (Å²) in [4.78, 5) is 22.8. The zero-order valence-corrected chi connectivity index (χ0v) is 15.7. The van der Waals surface area contributed by atoms with E-state index in [0.717, 1.165) is 29.1 Å². The molecule has 0 spiro atoms. The number of carbonyl (C=O) groups excluding carboxylic acids is 1. The van der Waals surface area contributed by atoms with Crippen LogP contribution in [0.3, 0.4) is 0 Å². The molecule has 132 valence electrons. The van der Waals surface area contributed by atoms with Gasteiger partial charge in [-0.25, -0.2) is 9.79 Å². The number of pyridine rings is 1. The molecule has 1 aromatic heterocycles. The number of hydrogen-bond acceptors (Lipinski definition) is 4. The Kier molecular flexibility index (Phi) is 6.53. The highest BCUT2D eigenvalue weighted by atomic mass is 35.5. The second-order valence-corrected chi connectivity index (χ2v) is 6.23. The van der Waals surface area contributed by atoms with Gasteiger partial charge in [0.1, 0.15) is 6.61 Å². The largest absolute Gasteiger partial charge is 0.457 e. The first kappa shape index (κ1) is 18.9. The lowest BCUT2D eigenvalue weighted by Crippen LogP contribution is -2.14. The molecule has 0 bridgehead atoms. The molecule has 0 saturated carbocycles. The van der Waals surface area contributed by atoms with Crippen LogP contribution in [0.4, 0.5) is 5.69 Å². The maximum absolute atomic E-state index is 12.3. The molecular formula is C19H22ClN3O2. The van der Waals surface area contributed by atoms with E-state index in [0.29, 0.717) is 10.6 Å². The standard InChI is InChI=1S/C19H22ClN3O2/c1-5-23(4)12-22-18-9-17(20)16(8-13(18)2)19(24)25-11-15-7-6-14(3)21-10-15/h6-10,12H,5,11H2,1-4H3. The molecule has 0 aliphatic rings. The van der Waals surface area contributed by atoms with E-state index in [1.54, 1.807) is 24.7 Å². The van der Waals surface area contributed by atoms with Crippen LogP contribution in [-0.2, 0) is 11.3 Å². The highest BCUT2D eigenvalue weighted by molar-refractivity contribution is 6.33. The molecule has 0 atom stereocenters. The van der Waals surface area contributed by atoms with Crippen LogP contribution >= 0.6 is 11.6 Å². The fraction of sp³-hybridized carbons (Fsp3) is 0.316. The van der Waals surface area contributed by atoms with Crippen molar-refractivity contribution >= 4 is 29.6 Å². The molecule has 0 aliphatic carbocycles. The van der Waals surface area contributed by atoms with E-state index in [1.165, 1.54) is 0 Å². The summed E-state index contributed by atoms with van der Waals surface area (Å²) in [5.74, 6) is -0.463. The van der Waals surface area contributed by atoms with E-state index in [2.05, 4.69) is 9.98 Å². The van der Waals surface area contributed by atoms with Gasteiger partial charge < -0.3 is 9.64 Å². The molecule has 6 heteroatoms. The van der Waals surface area contributed by atoms with Crippen molar-refractivity contribution in [2.45, 2.75) is 27.4 Å². The molecule has 2 aromatic rings. The number of esters is 1. The van der Waals surface area contributed by atoms with Gasteiger partial charge in [0, 0.05) is 31.0 Å². The van der Waals surface area contributed by atoms with Crippen molar-refractivity contribution in [1.82, 2.24) is 9.88 Å². The summed E-state index contributed by atoms with van der Waals surface area (Å²) in [5, 5.41) is 0.323. The molecule has 0 saturated heterocycles. The third-order valence-electron chi connectivity index (χ3n) is 3.74. The number of carbonyl (C=O) groups is 1. The van der Waals surface area contributed by atoms with Crippen LogP contribution in [0.15, 0.2) is 35.5 Å². The van der Waals surface area contributed by atoms with Crippen LogP contribution in [-0.4, -0.2) is 35.8 Å². The Morgan fingerprint density at radius 1 is 1.36 bits per heavy atom. The van der Waals surface area contributed by atoms with Crippen molar-refractivity contribution in [3.63, 3.8) is 0 Å². The van der Waals surface area contributed by atoms with Crippen LogP contribution in [0.5, 0.6) is 0 Å². The normalized spacial score (nSPS) is 10.9. The van der Waals surface area contributed by atoms with Gasteiger partial charge in [0.05, 0.1) is 22.6 Å². The molecule has 1 heterocycles. The van der Waals surface area contributed by atoms with Gasteiger partial charge in [0.15, 0.2) is 0 Å². The number of halogens is 1. The van der Waals surface area contributed by atoms with Gasteiger partial charge in [-0.2, -0.15) is 0 Å². The predicted molar refractivity (Wildman–Crippen MR) is 101 cm³/mol. The maximum atomic E-state index is 12.3. The van der Waals surface area contributed by atoms with Crippen LogP contribution < -0.4 is 0 Å². The summed E-state index contributed by atoms with van der Waals surface area (Å²) in [6.45, 7) is 6.84. The lowest BCUT2D eigenvalue weighted by atomic mass is 10.1. The molecule has 1 aromatic carbocycles. The van der Waals surface area contributed by atoms with Gasteiger partial charge in [0.2, 0.25) is 0 Å². The van der Waals surface area contributed by atoms with E-state index in [4.69, 9.17) is 16.3 Å². The summed E-state index contributed by atoms with van der Waals surface area (Å²) in [7, 11) is 1.94. The van der Waals surface area contributed by atoms with Gasteiger partial charge in [-0.15, -0.1) is 0 Å². The molecule has 2 rings (SSSR count). The molecule has 0 unspecified atom stereocenters. The highest BCUT2D eigenvalue weighted by Crippen LogP contribution is 2.27. The number of ether oxygens (including phenoxy) is 1. The summed E-state index contributed by atoms with van der Waals surface area (Å²) < 4.78 is 5.34. The molecule has 5 nitrogen and oxygen atoms in total. The molecular weight excluding hydrogens is 338 g/mol. The molecule has 25 heavy (non-hydrogen) atoms. The molecule has 0 N–H and O–H groups in total. The van der Waals surface area contributed by atoms with Gasteiger partial charge in [-0.3, -0.25) is 4.98 Å². The van der Waals surface area contributed by atoms with E-state index in [9.17, 15) is 4.79 Å². The predicted octanol–water partition coefficient (Wildman–Crippen LogP) is 4.32. The number of benzene rings is 1. The number of rotatable bonds is 6. The van der Waals surface area contributed by atoms with Crippen molar-refractivity contribution in [3.05, 3.63) is 57.9 Å². The fourth-order valence-electron chi connectivity index (χ4n) is 2.02. The monoisotopic (exact) mass is 359 g/mol. The third-order valence-corrected chi connectivity index (χ3v) is 4.05. The smallest absolute Gasteiger partial charge is 0.339 e. The van der Waals surface area contributed by atoms with E-state index in [-0.39, 0.29) is 6.61 Å². The Balaban J connectivity index is 2.10. The summed E-state index contributed by atoms with van der Waals surface area (Å²) in [6.07, 6.45) is 3.43. The van der Waals surface area contributed by atoms with Gasteiger partial charge in [0.25, 0.3) is 0 Å². The van der Waals surface area contributed by atoms with Crippen molar-refractivity contribution in [2.24, 2.45) is 4.99 Å². The number of hydrogen-bond donors (Lipinski definition) is 0. The fourth-order valence-corrected chi connectivity index (χ4v) is 2.25. The van der Waals surface area contributed by atoms with Crippen molar-refractivity contribution in [3.8, 4) is 0 Å². The third kappa shape index (κ3) is 5.29. The Bertz CT molecular complexity index is 773. The molecule has 0 radical (unpaired) electrons. The highest BCUT2D eigenvalue weighted by Gasteiger charge is 2.14. The minimum atomic E-state index is -0.463. The quantitative estimate of drug-likeness (QED) is 0.438. The van der Waals surface area contributed by atoms with E-state index < -0.39 is 5.97 Å². The summed E-state index contributed by atoms with van der Waals surface area (Å²) >= 11 is 6.25. The van der Waals surface area contributed by atoms with Crippen molar-refractivity contribution < 1.29 is 9.53 Å². The first-order chi connectivity index (χ1) is 11.9. The first-order valence-electron chi connectivity index (χ1n) is 8.04. The van der Waals surface area contributed by atoms with Crippen LogP contribution in [0, 0.1) is 13.8 Å². The van der Waals surface area contributed by atoms with E-state index >= 15 is 0 Å². The number of aryl methyl sites for hydroxylation is 2. The number of aliphatic imine (C=N–C) groups is 1. The summed E-state index contributed by atoms with van der Waals surface area (Å²) in [6, 6.07) is 7.14. The Hall–Kier alpha value is -2.40. The second kappa shape index (κ2) is 8.62. The van der Waals surface area contributed by atoms with Crippen LogP contribution in [0.1, 0.15) is 34.1 Å². The Labute approximate surface area is 153 Å². The summed E-state index contributed by atoms with van der Waals surface area (Å²) in [5.41, 5.74) is 3.66. The maximum Gasteiger partial charge on any atom is 0.339 e. The Morgan fingerprint density at radius 3 is 2.76 bits per heavy atom. The first-order valence-corrected chi connectivity index (χ1v) is 8.41. The van der Waals surface area contributed by atoms with Gasteiger partial charge >= 0.3 is 5.97 Å².